The van der Waals surface area contributed by atoms with Crippen LogP contribution in [-0.4, -0.2) is 36.2 Å². The Morgan fingerprint density at radius 2 is 1.27 bits per heavy atom. The molecule has 10 heteroatoms. The lowest BCUT2D eigenvalue weighted by atomic mass is 9.88. The minimum absolute atomic E-state index is 0.249. The van der Waals surface area contributed by atoms with Gasteiger partial charge in [-0.15, -0.1) is 0 Å². The highest BCUT2D eigenvalue weighted by atomic mass is 32.2. The molecule has 202 valence electrons. The van der Waals surface area contributed by atoms with Crippen LogP contribution in [0.15, 0.2) is 114 Å². The van der Waals surface area contributed by atoms with Gasteiger partial charge in [-0.2, -0.15) is 8.42 Å². The predicted octanol–water partition coefficient (Wildman–Crippen LogP) is 4.13. The molecule has 0 saturated carbocycles. The van der Waals surface area contributed by atoms with Crippen molar-refractivity contribution < 1.29 is 23.1 Å². The van der Waals surface area contributed by atoms with Crippen molar-refractivity contribution in [3.63, 3.8) is 0 Å². The molecule has 40 heavy (non-hydrogen) atoms. The molecule has 4 aromatic carbocycles. The number of guanidine groups is 1. The molecule has 0 heterocycles. The number of carboxylic acid groups (broad SMARTS) is 1. The predicted molar refractivity (Wildman–Crippen MR) is 156 cm³/mol. The van der Waals surface area contributed by atoms with E-state index in [0.717, 1.165) is 5.56 Å². The first kappa shape index (κ1) is 27.8. The molecule has 0 radical (unpaired) electrons. The number of rotatable bonds is 9. The monoisotopic (exact) mass is 554 g/mol. The van der Waals surface area contributed by atoms with Crippen LogP contribution in [0.25, 0.3) is 0 Å². The summed E-state index contributed by atoms with van der Waals surface area (Å²) in [6, 6.07) is 31.3. The summed E-state index contributed by atoms with van der Waals surface area (Å²) in [5.41, 5.74) is 9.50. The second-order valence-corrected chi connectivity index (χ2v) is 9.62. The quantitative estimate of drug-likeness (QED) is 0.138. The molecule has 0 saturated heterocycles. The van der Waals surface area contributed by atoms with E-state index in [1.165, 1.54) is 0 Å². The van der Waals surface area contributed by atoms with Crippen LogP contribution in [0.5, 0.6) is 0 Å². The summed E-state index contributed by atoms with van der Waals surface area (Å²) < 4.78 is 23.6. The Hall–Kier alpha value is -5.22. The van der Waals surface area contributed by atoms with Crippen molar-refractivity contribution in [1.82, 2.24) is 0 Å². The third-order valence-electron chi connectivity index (χ3n) is 5.98. The van der Waals surface area contributed by atoms with E-state index in [-0.39, 0.29) is 11.9 Å². The zero-order chi connectivity index (χ0) is 28.5. The summed E-state index contributed by atoms with van der Waals surface area (Å²) >= 11 is 0. The summed E-state index contributed by atoms with van der Waals surface area (Å²) in [7, 11) is -2.94. The number of carbonyl (C=O) groups is 2. The number of nitrogens with one attached hydrogen (secondary N) is 2. The third kappa shape index (κ3) is 7.21. The molecule has 4 aromatic rings. The maximum absolute atomic E-state index is 12.8. The number of aliphatic carboxylic acids is 1. The molecule has 1 atom stereocenters. The number of anilines is 2. The largest absolute Gasteiger partial charge is 0.477 e. The van der Waals surface area contributed by atoms with E-state index in [9.17, 15) is 23.1 Å². The lowest BCUT2D eigenvalue weighted by molar-refractivity contribution is -0.129. The van der Waals surface area contributed by atoms with Crippen molar-refractivity contribution in [2.24, 2.45) is 10.7 Å². The van der Waals surface area contributed by atoms with Crippen LogP contribution in [0.1, 0.15) is 33.0 Å². The molecule has 4 rings (SSSR count). The topological polar surface area (TPSA) is 151 Å². The molecule has 0 unspecified atom stereocenters. The summed E-state index contributed by atoms with van der Waals surface area (Å²) in [4.78, 5) is 28.2. The third-order valence-corrected chi connectivity index (χ3v) is 6.75. The molecule has 9 nitrogen and oxygen atoms in total. The molecule has 0 aliphatic carbocycles. The van der Waals surface area contributed by atoms with Gasteiger partial charge in [0, 0.05) is 16.9 Å². The van der Waals surface area contributed by atoms with E-state index in [2.05, 4.69) is 15.6 Å². The van der Waals surface area contributed by atoms with Crippen molar-refractivity contribution in [2.75, 3.05) is 10.6 Å². The van der Waals surface area contributed by atoms with E-state index in [4.69, 9.17) is 5.73 Å². The molecule has 0 spiro atoms. The molecule has 0 aliphatic heterocycles. The highest BCUT2D eigenvalue weighted by Gasteiger charge is 2.27. The van der Waals surface area contributed by atoms with Crippen molar-refractivity contribution in [3.8, 4) is 0 Å². The first-order valence-corrected chi connectivity index (χ1v) is 13.3. The van der Waals surface area contributed by atoms with Gasteiger partial charge in [-0.3, -0.25) is 4.79 Å². The number of nitrogens with two attached hydrogens (primary N) is 1. The second-order valence-electron chi connectivity index (χ2n) is 8.71. The van der Waals surface area contributed by atoms with Crippen LogP contribution < -0.4 is 16.4 Å². The summed E-state index contributed by atoms with van der Waals surface area (Å²) in [6.45, 7) is 0.440. The SMILES string of the molecule is NC(=NCc1ccccc1)Nc1ccc(C(=O)Nc2ccc([C@@H](C(C(=O)O)=S(=O)=O)c3ccccc3)cc2)cc1. The van der Waals surface area contributed by atoms with Crippen LogP contribution >= 0.6 is 0 Å². The lowest BCUT2D eigenvalue weighted by Crippen LogP contribution is -2.24. The van der Waals surface area contributed by atoms with E-state index < -0.39 is 27.0 Å². The van der Waals surface area contributed by atoms with Gasteiger partial charge >= 0.3 is 5.97 Å². The van der Waals surface area contributed by atoms with Gasteiger partial charge in [0.05, 0.1) is 12.5 Å². The first-order chi connectivity index (χ1) is 19.3. The van der Waals surface area contributed by atoms with Gasteiger partial charge in [-0.05, 0) is 53.1 Å². The zero-order valence-corrected chi connectivity index (χ0v) is 22.0. The van der Waals surface area contributed by atoms with E-state index in [0.29, 0.717) is 34.6 Å². The van der Waals surface area contributed by atoms with Crippen LogP contribution in [0.2, 0.25) is 0 Å². The van der Waals surface area contributed by atoms with Crippen molar-refractivity contribution in [3.05, 3.63) is 131 Å². The molecular formula is C30H26N4O5S. The van der Waals surface area contributed by atoms with E-state index in [1.54, 1.807) is 78.9 Å². The van der Waals surface area contributed by atoms with Crippen LogP contribution in [0.3, 0.4) is 0 Å². The number of carboxylic acids is 1. The second kappa shape index (κ2) is 13.0. The fourth-order valence-electron chi connectivity index (χ4n) is 4.05. The standard InChI is InChI=1S/C30H26N4O5S/c31-30(32-19-20-7-3-1-4-8-20)34-25-17-13-23(14-18-25)28(35)33-24-15-11-22(12-16-24)26(21-9-5-2-6-10-21)27(29(36)37)40(38)39/h1-18,26H,19H2,(H,33,35)(H,36,37)(H3,31,32,34)/t26-/m0/s1. The lowest BCUT2D eigenvalue weighted by Gasteiger charge is -2.17. The molecular weight excluding hydrogens is 528 g/mol. The van der Waals surface area contributed by atoms with Crippen LogP contribution in [0.4, 0.5) is 11.4 Å². The molecule has 5 N–H and O–H groups in total. The van der Waals surface area contributed by atoms with Gasteiger partial charge in [0.25, 0.3) is 5.91 Å². The smallest absolute Gasteiger partial charge is 0.348 e. The average Bonchev–Trinajstić information content (AvgIpc) is 2.96. The highest BCUT2D eigenvalue weighted by molar-refractivity contribution is 7.74. The number of hydrogen-bond acceptors (Lipinski definition) is 5. The van der Waals surface area contributed by atoms with Gasteiger partial charge < -0.3 is 21.5 Å². The highest BCUT2D eigenvalue weighted by Crippen LogP contribution is 2.27. The Kier molecular flexibility index (Phi) is 9.06. The van der Waals surface area contributed by atoms with Crippen LogP contribution in [0, 0.1) is 0 Å². The van der Waals surface area contributed by atoms with Gasteiger partial charge in [-0.1, -0.05) is 72.8 Å². The number of carbonyl (C=O) groups excluding carboxylic acids is 1. The van der Waals surface area contributed by atoms with Gasteiger partial charge in [0.2, 0.25) is 10.3 Å². The van der Waals surface area contributed by atoms with Gasteiger partial charge in [-0.25, -0.2) is 9.79 Å². The number of hydrogen-bond donors (Lipinski definition) is 4. The maximum atomic E-state index is 12.8. The minimum atomic E-state index is -2.94. The number of amides is 1. The Morgan fingerprint density at radius 1 is 0.750 bits per heavy atom. The molecule has 0 fully saturated rings. The molecule has 0 aromatic heterocycles. The van der Waals surface area contributed by atoms with Gasteiger partial charge in [0.1, 0.15) is 0 Å². The maximum Gasteiger partial charge on any atom is 0.348 e. The van der Waals surface area contributed by atoms with Crippen LogP contribution in [-0.2, 0) is 21.6 Å². The fraction of sp³-hybridized carbons (Fsp3) is 0.0667. The van der Waals surface area contributed by atoms with E-state index >= 15 is 0 Å². The van der Waals surface area contributed by atoms with Crippen molar-refractivity contribution >= 4 is 44.4 Å². The van der Waals surface area contributed by atoms with E-state index in [1.807, 2.05) is 30.3 Å². The Balaban J connectivity index is 1.44. The molecule has 0 aliphatic rings. The number of aliphatic imine (C=N–C) groups is 1. The molecule has 0 bridgehead atoms. The Labute approximate surface area is 232 Å². The fourth-order valence-corrected chi connectivity index (χ4v) is 4.65. The Morgan fingerprint density at radius 3 is 1.85 bits per heavy atom. The minimum Gasteiger partial charge on any atom is -0.477 e. The summed E-state index contributed by atoms with van der Waals surface area (Å²) in [6.07, 6.45) is 0. The Bertz CT molecular complexity index is 1650. The number of nitrogens with zero attached hydrogens (tertiary/aromatic N) is 1. The summed E-state index contributed by atoms with van der Waals surface area (Å²) in [5.74, 6) is -2.64. The van der Waals surface area contributed by atoms with Crippen molar-refractivity contribution in [1.29, 1.82) is 0 Å². The normalized spacial score (nSPS) is 11.8. The summed E-state index contributed by atoms with van der Waals surface area (Å²) in [5, 5.41) is 15.3. The van der Waals surface area contributed by atoms with Gasteiger partial charge in [0.15, 0.2) is 10.8 Å². The zero-order valence-electron chi connectivity index (χ0n) is 21.2. The number of benzene rings is 4. The average molecular weight is 555 g/mol. The first-order valence-electron chi connectivity index (χ1n) is 12.2. The molecule has 1 amide bonds. The van der Waals surface area contributed by atoms with Crippen molar-refractivity contribution in [2.45, 2.75) is 12.5 Å².